The van der Waals surface area contributed by atoms with E-state index in [4.69, 9.17) is 76.9 Å². The van der Waals surface area contributed by atoms with Crippen molar-refractivity contribution in [3.8, 4) is 0 Å². The van der Waals surface area contributed by atoms with E-state index in [1.54, 1.807) is 7.11 Å². The van der Waals surface area contributed by atoms with Gasteiger partial charge >= 0.3 is 0 Å². The quantitative estimate of drug-likeness (QED) is 0.102. The highest BCUT2D eigenvalue weighted by atomic mass is 17.3. The van der Waals surface area contributed by atoms with Crippen LogP contribution in [0.3, 0.4) is 0 Å². The minimum atomic E-state index is -0.941. The molecule has 10 saturated heterocycles. The van der Waals surface area contributed by atoms with Crippen molar-refractivity contribution in [1.82, 2.24) is 9.80 Å². The summed E-state index contributed by atoms with van der Waals surface area (Å²) in [5.74, 6) is -0.476. The maximum atomic E-state index is 10.4. The van der Waals surface area contributed by atoms with Crippen LogP contribution in [0, 0.1) is 59.2 Å². The first-order valence-electron chi connectivity index (χ1n) is 29.3. The Morgan fingerprint density at radius 3 is 1.87 bits per heavy atom. The summed E-state index contributed by atoms with van der Waals surface area (Å²) in [4.78, 5) is 46.9. The van der Waals surface area contributed by atoms with Gasteiger partial charge in [-0.1, -0.05) is 41.0 Å². The Bertz CT molecular complexity index is 1980. The molecule has 428 valence electrons. The van der Waals surface area contributed by atoms with E-state index in [9.17, 15) is 5.11 Å². The van der Waals surface area contributed by atoms with Gasteiger partial charge in [-0.05, 0) is 109 Å². The van der Waals surface area contributed by atoms with Crippen molar-refractivity contribution in [1.29, 1.82) is 0 Å². The van der Waals surface area contributed by atoms with Crippen LogP contribution in [-0.2, 0) is 72.0 Å². The third-order valence-electron chi connectivity index (χ3n) is 21.5. The van der Waals surface area contributed by atoms with Crippen molar-refractivity contribution in [3.63, 3.8) is 0 Å². The van der Waals surface area contributed by atoms with Gasteiger partial charge in [0.15, 0.2) is 48.4 Å². The molecule has 4 bridgehead atoms. The van der Waals surface area contributed by atoms with E-state index in [-0.39, 0.29) is 54.3 Å². The van der Waals surface area contributed by atoms with Gasteiger partial charge in [-0.25, -0.2) is 29.3 Å². The molecule has 3 aliphatic carbocycles. The molecule has 19 heteroatoms. The number of methoxy groups -OCH3 is 1. The first-order chi connectivity index (χ1) is 36.0. The Labute approximate surface area is 445 Å². The molecule has 0 aromatic heterocycles. The molecule has 13 rings (SSSR count). The molecule has 19 nitrogen and oxygen atoms in total. The van der Waals surface area contributed by atoms with Crippen molar-refractivity contribution in [3.05, 3.63) is 0 Å². The number of aliphatic hydroxyl groups is 1. The molecule has 13 aliphatic rings. The number of rotatable bonds is 19. The Kier molecular flexibility index (Phi) is 16.1. The first kappa shape index (κ1) is 55.8. The standard InChI is InChI=1S/C56H93N3O16/c1-35-13-15-42-37(3)45(65-34-54(42)40(35)17-20-50(6,61-10)70-73-54)62-31-28-59(29-33-63-46-38(4)43-16-14-36(2)41-18-21-51(7)68-48(66-46)55(41,43)74-71-51)25-24-58(26-30-60)27-32-64-47-39(5)44-12-11-19-53(57-9)23-22-52(8)69-49(67-47)56(44,53)75-72-52/h35-49,60H,9,11-34H2,1-8,10H3/t35-,36-,37-,38-,39-,40+,41+,42+,43+,44+,45?,46?,47?,48-,49-,50-,51-,52-,53+,54-,55-,56-/m1/s1. The SMILES string of the molecule is C=N[C@@]12CCC[C@H]3[C@@H](C)C(OCCN(CCO)CCN(CCOC4OC[C@@]56OO[C@@](C)(OC)CC[C@H]5[C@H](C)CC[C@H]6[C@H]4C)CCOC4O[C@@H]5O[C@@]6(C)CC[C@H]7[C@H](C)CC[C@@H]([C@H]4C)[C@@]57OO6)O[C@@H]4O[C@@](C)(CC1)OO[C@@]432. The summed E-state index contributed by atoms with van der Waals surface area (Å²) in [5, 5.41) is 10.4. The number of aliphatic imine (C=N–C) groups is 1. The number of nitrogens with zero attached hydrogens (tertiary/aromatic N) is 3. The molecule has 0 aromatic rings. The van der Waals surface area contributed by atoms with Crippen LogP contribution in [0.5, 0.6) is 0 Å². The average molecular weight is 1060 g/mol. The highest BCUT2D eigenvalue weighted by molar-refractivity contribution is 5.31. The fraction of sp³-hybridized carbons (Fsp3) is 0.982. The van der Waals surface area contributed by atoms with Gasteiger partial charge in [0, 0.05) is 101 Å². The van der Waals surface area contributed by atoms with Gasteiger partial charge in [0.2, 0.25) is 11.6 Å². The van der Waals surface area contributed by atoms with Crippen molar-refractivity contribution in [2.75, 3.05) is 79.4 Å². The van der Waals surface area contributed by atoms with Crippen LogP contribution < -0.4 is 0 Å². The molecule has 3 spiro atoms. The van der Waals surface area contributed by atoms with Crippen molar-refractivity contribution >= 4 is 6.72 Å². The average Bonchev–Trinajstić information content (AvgIpc) is 3.89. The summed E-state index contributed by atoms with van der Waals surface area (Å²) in [6.07, 6.45) is 9.27. The van der Waals surface area contributed by atoms with Crippen LogP contribution in [0.2, 0.25) is 0 Å². The Morgan fingerprint density at radius 2 is 1.16 bits per heavy atom. The zero-order valence-corrected chi connectivity index (χ0v) is 46.8. The minimum Gasteiger partial charge on any atom is -0.395 e. The van der Waals surface area contributed by atoms with E-state index in [0.717, 1.165) is 77.0 Å². The largest absolute Gasteiger partial charge is 0.395 e. The molecule has 10 aliphatic heterocycles. The van der Waals surface area contributed by atoms with Crippen LogP contribution in [-0.4, -0.2) is 172 Å². The van der Waals surface area contributed by atoms with Crippen LogP contribution >= 0.6 is 0 Å². The van der Waals surface area contributed by atoms with Gasteiger partial charge < -0.3 is 47.7 Å². The lowest BCUT2D eigenvalue weighted by Crippen LogP contribution is -2.74. The van der Waals surface area contributed by atoms with Gasteiger partial charge in [-0.15, -0.1) is 0 Å². The second-order valence-electron chi connectivity index (χ2n) is 25.7. The topological polar surface area (TPSA) is 178 Å². The molecule has 1 N–H and O–H groups in total. The fourth-order valence-corrected chi connectivity index (χ4v) is 16.8. The first-order valence-corrected chi connectivity index (χ1v) is 29.3. The molecule has 10 heterocycles. The lowest BCUT2D eigenvalue weighted by atomic mass is 9.57. The highest BCUT2D eigenvalue weighted by Crippen LogP contribution is 2.64. The van der Waals surface area contributed by atoms with Gasteiger partial charge in [0.1, 0.15) is 5.60 Å². The predicted octanol–water partition coefficient (Wildman–Crippen LogP) is 7.12. The van der Waals surface area contributed by atoms with Gasteiger partial charge in [0.05, 0.1) is 38.6 Å². The Balaban J connectivity index is 0.741. The van der Waals surface area contributed by atoms with E-state index in [1.807, 2.05) is 20.8 Å². The lowest BCUT2D eigenvalue weighted by Gasteiger charge is -2.61. The van der Waals surface area contributed by atoms with Gasteiger partial charge in [-0.3, -0.25) is 14.8 Å². The van der Waals surface area contributed by atoms with E-state index in [1.165, 1.54) is 0 Å². The lowest BCUT2D eigenvalue weighted by molar-refractivity contribution is -0.577. The smallest absolute Gasteiger partial charge is 0.201 e. The summed E-state index contributed by atoms with van der Waals surface area (Å²) in [6.45, 7) is 26.7. The summed E-state index contributed by atoms with van der Waals surface area (Å²) in [6, 6.07) is 0. The summed E-state index contributed by atoms with van der Waals surface area (Å²) >= 11 is 0. The molecule has 0 aromatic carbocycles. The Morgan fingerprint density at radius 1 is 0.560 bits per heavy atom. The number of ether oxygens (including phenoxy) is 9. The van der Waals surface area contributed by atoms with Gasteiger partial charge in [-0.2, -0.15) is 0 Å². The number of hydrogen-bond donors (Lipinski definition) is 1. The zero-order valence-electron chi connectivity index (χ0n) is 46.8. The molecule has 22 atom stereocenters. The molecule has 75 heavy (non-hydrogen) atoms. The minimum absolute atomic E-state index is 0.0131. The van der Waals surface area contributed by atoms with E-state index >= 15 is 0 Å². The van der Waals surface area contributed by atoms with E-state index in [2.05, 4.69) is 51.1 Å². The molecule has 0 amide bonds. The molecule has 3 unspecified atom stereocenters. The number of aliphatic hydroxyl groups excluding tert-OH is 1. The van der Waals surface area contributed by atoms with Crippen molar-refractivity contribution in [2.24, 2.45) is 64.2 Å². The third-order valence-corrected chi connectivity index (χ3v) is 21.5. The second kappa shape index (κ2) is 21.7. The fourth-order valence-electron chi connectivity index (χ4n) is 16.8. The van der Waals surface area contributed by atoms with E-state index in [0.29, 0.717) is 89.9 Å². The van der Waals surface area contributed by atoms with Crippen LogP contribution in [0.25, 0.3) is 0 Å². The second-order valence-corrected chi connectivity index (χ2v) is 25.7. The maximum absolute atomic E-state index is 10.4. The van der Waals surface area contributed by atoms with E-state index < -0.39 is 64.9 Å². The van der Waals surface area contributed by atoms with Crippen LogP contribution in [0.15, 0.2) is 4.99 Å². The zero-order chi connectivity index (χ0) is 52.6. The summed E-state index contributed by atoms with van der Waals surface area (Å²) in [5.41, 5.74) is -2.65. The summed E-state index contributed by atoms with van der Waals surface area (Å²) in [7, 11) is 1.68. The highest BCUT2D eigenvalue weighted by Gasteiger charge is 2.75. The Hall–Kier alpha value is -1.05. The molecular formula is C56H93N3O16. The molecule has 3 saturated carbocycles. The molecular weight excluding hydrogens is 971 g/mol. The normalized spacial score (nSPS) is 51.0. The maximum Gasteiger partial charge on any atom is 0.201 e. The molecule has 13 fully saturated rings. The summed E-state index contributed by atoms with van der Waals surface area (Å²) < 4.78 is 59.4. The van der Waals surface area contributed by atoms with Crippen molar-refractivity contribution < 1.29 is 77.1 Å². The predicted molar refractivity (Wildman–Crippen MR) is 270 cm³/mol. The van der Waals surface area contributed by atoms with Crippen LogP contribution in [0.1, 0.15) is 139 Å². The molecule has 0 radical (unpaired) electrons. The third kappa shape index (κ3) is 9.66. The van der Waals surface area contributed by atoms with Crippen LogP contribution in [0.4, 0.5) is 0 Å². The monoisotopic (exact) mass is 1060 g/mol. The number of fused-ring (bicyclic) bond motifs is 4. The number of hydrogen-bond acceptors (Lipinski definition) is 19. The van der Waals surface area contributed by atoms with Gasteiger partial charge in [0.25, 0.3) is 0 Å². The van der Waals surface area contributed by atoms with Crippen molar-refractivity contribution in [2.45, 2.75) is 210 Å².